The van der Waals surface area contributed by atoms with Crippen molar-refractivity contribution in [1.29, 1.82) is 0 Å². The number of morpholine rings is 1. The third-order valence-corrected chi connectivity index (χ3v) is 4.48. The molecule has 0 saturated carbocycles. The summed E-state index contributed by atoms with van der Waals surface area (Å²) in [5, 5.41) is 4.55. The fourth-order valence-corrected chi connectivity index (χ4v) is 2.99. The highest BCUT2D eigenvalue weighted by molar-refractivity contribution is 5.93. The topological polar surface area (TPSA) is 108 Å². The number of ether oxygens (including phenoxy) is 2. The van der Waals surface area contributed by atoms with Gasteiger partial charge in [-0.2, -0.15) is 5.10 Å². The second kappa shape index (κ2) is 7.65. The number of carbonyl (C=O) groups is 1. The van der Waals surface area contributed by atoms with E-state index in [1.807, 2.05) is 12.1 Å². The highest BCUT2D eigenvalue weighted by Gasteiger charge is 2.23. The summed E-state index contributed by atoms with van der Waals surface area (Å²) < 4.78 is 12.1. The summed E-state index contributed by atoms with van der Waals surface area (Å²) in [4.78, 5) is 23.0. The largest absolute Gasteiger partial charge is 0.481 e. The molecule has 4 rings (SSSR count). The lowest BCUT2D eigenvalue weighted by molar-refractivity contribution is 0.0298. The summed E-state index contributed by atoms with van der Waals surface area (Å²) >= 11 is 0. The number of carbonyl (C=O) groups excluding carboxylic acids is 1. The molecule has 1 aliphatic rings. The molecular formula is C19H20N6O3. The molecule has 144 valence electrons. The minimum atomic E-state index is -0.131. The fourth-order valence-electron chi connectivity index (χ4n) is 2.99. The third-order valence-electron chi connectivity index (χ3n) is 4.48. The normalized spacial score (nSPS) is 14.1. The van der Waals surface area contributed by atoms with Gasteiger partial charge in [0.15, 0.2) is 5.69 Å². The monoisotopic (exact) mass is 380 g/mol. The van der Waals surface area contributed by atoms with Gasteiger partial charge in [0, 0.05) is 30.9 Å². The lowest BCUT2D eigenvalue weighted by Gasteiger charge is -2.25. The van der Waals surface area contributed by atoms with Crippen LogP contribution < -0.4 is 10.5 Å². The van der Waals surface area contributed by atoms with Crippen molar-refractivity contribution in [1.82, 2.24) is 24.6 Å². The second-order valence-electron chi connectivity index (χ2n) is 6.26. The summed E-state index contributed by atoms with van der Waals surface area (Å²) in [7, 11) is 1.56. The molecule has 1 aliphatic heterocycles. The number of amides is 1. The van der Waals surface area contributed by atoms with E-state index in [1.54, 1.807) is 47.3 Å². The van der Waals surface area contributed by atoms with Crippen molar-refractivity contribution in [3.8, 4) is 22.8 Å². The number of methoxy groups -OCH3 is 1. The van der Waals surface area contributed by atoms with Crippen LogP contribution in [-0.2, 0) is 4.74 Å². The number of nitrogens with two attached hydrogens (primary N) is 1. The molecule has 0 aromatic carbocycles. The van der Waals surface area contributed by atoms with Crippen LogP contribution in [0, 0.1) is 0 Å². The Labute approximate surface area is 161 Å². The Balaban J connectivity index is 1.76. The van der Waals surface area contributed by atoms with Gasteiger partial charge < -0.3 is 20.1 Å². The molecule has 3 aromatic rings. The minimum absolute atomic E-state index is 0.131. The van der Waals surface area contributed by atoms with Crippen molar-refractivity contribution in [2.75, 3.05) is 39.1 Å². The summed E-state index contributed by atoms with van der Waals surface area (Å²) in [6.07, 6.45) is 3.30. The summed E-state index contributed by atoms with van der Waals surface area (Å²) in [6, 6.07) is 8.88. The molecule has 0 atom stereocenters. The molecule has 4 heterocycles. The summed E-state index contributed by atoms with van der Waals surface area (Å²) in [5.41, 5.74) is 8.27. The number of pyridine rings is 2. The van der Waals surface area contributed by atoms with Crippen LogP contribution in [0.15, 0.2) is 42.7 Å². The van der Waals surface area contributed by atoms with Crippen molar-refractivity contribution in [3.05, 3.63) is 48.4 Å². The molecule has 2 N–H and O–H groups in total. The van der Waals surface area contributed by atoms with E-state index >= 15 is 0 Å². The number of nitrogens with zero attached hydrogens (tertiary/aromatic N) is 5. The molecule has 9 heteroatoms. The van der Waals surface area contributed by atoms with E-state index in [4.69, 9.17) is 15.2 Å². The van der Waals surface area contributed by atoms with Gasteiger partial charge in [-0.05, 0) is 24.3 Å². The Bertz CT molecular complexity index is 962. The zero-order chi connectivity index (χ0) is 19.5. The number of anilines is 1. The maximum Gasteiger partial charge on any atom is 0.274 e. The van der Waals surface area contributed by atoms with E-state index in [-0.39, 0.29) is 5.91 Å². The van der Waals surface area contributed by atoms with Gasteiger partial charge in [-0.15, -0.1) is 0 Å². The first-order valence-electron chi connectivity index (χ1n) is 8.85. The molecule has 28 heavy (non-hydrogen) atoms. The van der Waals surface area contributed by atoms with E-state index in [1.165, 1.54) is 0 Å². The molecule has 0 spiro atoms. The van der Waals surface area contributed by atoms with Crippen LogP contribution in [0.25, 0.3) is 16.9 Å². The van der Waals surface area contributed by atoms with Gasteiger partial charge in [0.1, 0.15) is 5.82 Å². The summed E-state index contributed by atoms with van der Waals surface area (Å²) in [5.74, 6) is 0.787. The molecule has 0 bridgehead atoms. The van der Waals surface area contributed by atoms with Crippen molar-refractivity contribution in [2.24, 2.45) is 0 Å². The lowest BCUT2D eigenvalue weighted by Crippen LogP contribution is -2.40. The smallest absolute Gasteiger partial charge is 0.274 e. The maximum absolute atomic E-state index is 12.9. The number of rotatable bonds is 4. The Morgan fingerprint density at radius 3 is 2.61 bits per heavy atom. The third kappa shape index (κ3) is 3.52. The Morgan fingerprint density at radius 2 is 1.96 bits per heavy atom. The second-order valence-corrected chi connectivity index (χ2v) is 6.26. The number of aromatic nitrogens is 4. The summed E-state index contributed by atoms with van der Waals surface area (Å²) in [6.45, 7) is 2.16. The lowest BCUT2D eigenvalue weighted by atomic mass is 10.2. The van der Waals surface area contributed by atoms with Crippen LogP contribution in [0.3, 0.4) is 0 Å². The molecule has 0 aliphatic carbocycles. The van der Waals surface area contributed by atoms with Gasteiger partial charge in [0.05, 0.1) is 37.9 Å². The van der Waals surface area contributed by atoms with Crippen molar-refractivity contribution in [2.45, 2.75) is 0 Å². The van der Waals surface area contributed by atoms with Crippen LogP contribution in [-0.4, -0.2) is 64.0 Å². The average Bonchev–Trinajstić information content (AvgIpc) is 3.20. The van der Waals surface area contributed by atoms with Gasteiger partial charge in [-0.3, -0.25) is 4.79 Å². The van der Waals surface area contributed by atoms with Gasteiger partial charge in [-0.1, -0.05) is 0 Å². The van der Waals surface area contributed by atoms with Crippen molar-refractivity contribution < 1.29 is 14.3 Å². The molecular weight excluding hydrogens is 360 g/mol. The quantitative estimate of drug-likeness (QED) is 0.728. The van der Waals surface area contributed by atoms with Gasteiger partial charge >= 0.3 is 0 Å². The van der Waals surface area contributed by atoms with Crippen LogP contribution in [0.5, 0.6) is 5.88 Å². The van der Waals surface area contributed by atoms with Crippen molar-refractivity contribution in [3.63, 3.8) is 0 Å². The maximum atomic E-state index is 12.9. The molecule has 1 saturated heterocycles. The average molecular weight is 380 g/mol. The SMILES string of the molecule is COc1ccc(-n2nc(C(=O)N3CCOCC3)cc2-c2ccc(N)nc2)cn1. The standard InChI is InChI=1S/C19H20N6O3/c1-27-18-5-3-14(12-22-18)25-16(13-2-4-17(20)21-11-13)10-15(23-25)19(26)24-6-8-28-9-7-24/h2-5,10-12H,6-9H2,1H3,(H2,20,21). The van der Waals surface area contributed by atoms with E-state index in [2.05, 4.69) is 15.1 Å². The zero-order valence-electron chi connectivity index (χ0n) is 15.4. The molecule has 1 fully saturated rings. The first-order valence-corrected chi connectivity index (χ1v) is 8.85. The Morgan fingerprint density at radius 1 is 1.14 bits per heavy atom. The fraction of sp³-hybridized carbons (Fsp3) is 0.263. The number of hydrogen-bond acceptors (Lipinski definition) is 7. The van der Waals surface area contributed by atoms with Crippen LogP contribution in [0.4, 0.5) is 5.82 Å². The van der Waals surface area contributed by atoms with Crippen LogP contribution >= 0.6 is 0 Å². The predicted molar refractivity (Wildman–Crippen MR) is 102 cm³/mol. The number of hydrogen-bond donors (Lipinski definition) is 1. The molecule has 0 radical (unpaired) electrons. The zero-order valence-corrected chi connectivity index (χ0v) is 15.4. The molecule has 0 unspecified atom stereocenters. The number of nitrogen functional groups attached to an aromatic ring is 1. The van der Waals surface area contributed by atoms with E-state index < -0.39 is 0 Å². The highest BCUT2D eigenvalue weighted by atomic mass is 16.5. The highest BCUT2D eigenvalue weighted by Crippen LogP contribution is 2.25. The minimum Gasteiger partial charge on any atom is -0.481 e. The van der Waals surface area contributed by atoms with E-state index in [0.29, 0.717) is 49.4 Å². The van der Waals surface area contributed by atoms with Gasteiger partial charge in [0.25, 0.3) is 5.91 Å². The van der Waals surface area contributed by atoms with Crippen LogP contribution in [0.2, 0.25) is 0 Å². The first kappa shape index (κ1) is 17.9. The Hall–Kier alpha value is -3.46. The van der Waals surface area contributed by atoms with E-state index in [0.717, 1.165) is 11.3 Å². The van der Waals surface area contributed by atoms with Crippen molar-refractivity contribution >= 4 is 11.7 Å². The first-order chi connectivity index (χ1) is 13.7. The Kier molecular flexibility index (Phi) is 4.90. The molecule has 9 nitrogen and oxygen atoms in total. The van der Waals surface area contributed by atoms with Gasteiger partial charge in [-0.25, -0.2) is 14.6 Å². The van der Waals surface area contributed by atoms with E-state index in [9.17, 15) is 4.79 Å². The molecule has 3 aromatic heterocycles. The van der Waals surface area contributed by atoms with Crippen LogP contribution in [0.1, 0.15) is 10.5 Å². The molecule has 1 amide bonds. The van der Waals surface area contributed by atoms with Gasteiger partial charge in [0.2, 0.25) is 5.88 Å². The predicted octanol–water partition coefficient (Wildman–Crippen LogP) is 1.39.